The van der Waals surface area contributed by atoms with Gasteiger partial charge in [0, 0.05) is 34.8 Å². The molecule has 1 aliphatic rings. The second-order valence-corrected chi connectivity index (χ2v) is 7.13. The van der Waals surface area contributed by atoms with Crippen molar-refractivity contribution in [1.82, 2.24) is 0 Å². The van der Waals surface area contributed by atoms with E-state index in [-0.39, 0.29) is 5.63 Å². The Balaban J connectivity index is 1.86. The average molecular weight is 402 g/mol. The monoisotopic (exact) mass is 401 g/mol. The van der Waals surface area contributed by atoms with Crippen molar-refractivity contribution in [3.63, 3.8) is 0 Å². The molecule has 1 aliphatic heterocycles. The summed E-state index contributed by atoms with van der Waals surface area (Å²) in [6.45, 7) is 4.41. The van der Waals surface area contributed by atoms with Gasteiger partial charge >= 0.3 is 5.63 Å². The van der Waals surface area contributed by atoms with Gasteiger partial charge in [0.15, 0.2) is 6.73 Å². The van der Waals surface area contributed by atoms with Crippen LogP contribution in [0.4, 0.5) is 5.69 Å². The van der Waals surface area contributed by atoms with Crippen molar-refractivity contribution in [2.75, 3.05) is 25.9 Å². The van der Waals surface area contributed by atoms with Gasteiger partial charge in [0.2, 0.25) is 0 Å². The van der Waals surface area contributed by atoms with Crippen molar-refractivity contribution in [1.29, 1.82) is 0 Å². The quantitative estimate of drug-likeness (QED) is 0.605. The standard InChI is InChI=1S/C21H20ClNO5/c1-11-12(2)21(24)28-19-16(11)8-18(22)20-17(19)9-23(10-27-20)13-5-14(25-3)7-15(6-13)26-4/h5-8H,9-10H2,1-4H3. The van der Waals surface area contributed by atoms with Crippen molar-refractivity contribution >= 4 is 28.3 Å². The van der Waals surface area contributed by atoms with E-state index < -0.39 is 0 Å². The Morgan fingerprint density at radius 2 is 1.71 bits per heavy atom. The molecule has 0 bridgehead atoms. The predicted molar refractivity (Wildman–Crippen MR) is 108 cm³/mol. The number of nitrogens with zero attached hydrogens (tertiary/aromatic N) is 1. The van der Waals surface area contributed by atoms with Crippen molar-refractivity contribution in [3.8, 4) is 17.2 Å². The predicted octanol–water partition coefficient (Wildman–Crippen LogP) is 4.44. The van der Waals surface area contributed by atoms with Crippen molar-refractivity contribution in [2.45, 2.75) is 20.4 Å². The fourth-order valence-electron chi connectivity index (χ4n) is 3.41. The lowest BCUT2D eigenvalue weighted by Gasteiger charge is -2.32. The highest BCUT2D eigenvalue weighted by Gasteiger charge is 2.26. The molecule has 0 unspecified atom stereocenters. The highest BCUT2D eigenvalue weighted by Crippen LogP contribution is 2.41. The number of halogens is 1. The molecule has 7 heteroatoms. The summed E-state index contributed by atoms with van der Waals surface area (Å²) in [7, 11) is 3.21. The van der Waals surface area contributed by atoms with E-state index in [4.69, 9.17) is 30.2 Å². The normalized spacial score (nSPS) is 13.2. The third-order valence-electron chi connectivity index (χ3n) is 5.16. The molecule has 0 atom stereocenters. The van der Waals surface area contributed by atoms with Crippen LogP contribution in [0.2, 0.25) is 5.02 Å². The summed E-state index contributed by atoms with van der Waals surface area (Å²) in [6.07, 6.45) is 0. The molecule has 0 spiro atoms. The molecule has 0 fully saturated rings. The van der Waals surface area contributed by atoms with E-state index in [1.807, 2.05) is 24.0 Å². The lowest BCUT2D eigenvalue weighted by Crippen LogP contribution is -2.32. The third-order valence-corrected chi connectivity index (χ3v) is 5.44. The minimum Gasteiger partial charge on any atom is -0.497 e. The van der Waals surface area contributed by atoms with E-state index in [0.29, 0.717) is 46.7 Å². The lowest BCUT2D eigenvalue weighted by molar-refractivity contribution is 0.289. The Morgan fingerprint density at radius 3 is 2.36 bits per heavy atom. The zero-order valence-electron chi connectivity index (χ0n) is 16.1. The fraction of sp³-hybridized carbons (Fsp3) is 0.286. The number of methoxy groups -OCH3 is 2. The van der Waals surface area contributed by atoms with E-state index >= 15 is 0 Å². The molecule has 4 rings (SSSR count). The summed E-state index contributed by atoms with van der Waals surface area (Å²) in [5, 5.41) is 1.32. The van der Waals surface area contributed by atoms with Gasteiger partial charge in [-0.15, -0.1) is 0 Å². The van der Waals surface area contributed by atoms with Crippen LogP contribution < -0.4 is 24.7 Å². The van der Waals surface area contributed by atoms with Gasteiger partial charge in [-0.2, -0.15) is 0 Å². The molecule has 6 nitrogen and oxygen atoms in total. The molecule has 0 amide bonds. The maximum atomic E-state index is 12.3. The number of fused-ring (bicyclic) bond motifs is 3. The number of hydrogen-bond acceptors (Lipinski definition) is 6. The van der Waals surface area contributed by atoms with Gasteiger partial charge in [-0.25, -0.2) is 4.79 Å². The van der Waals surface area contributed by atoms with E-state index in [0.717, 1.165) is 22.2 Å². The first kappa shape index (κ1) is 18.5. The van der Waals surface area contributed by atoms with Crippen LogP contribution in [0.25, 0.3) is 11.0 Å². The van der Waals surface area contributed by atoms with Crippen LogP contribution in [0.15, 0.2) is 33.5 Å². The van der Waals surface area contributed by atoms with E-state index in [1.54, 1.807) is 33.3 Å². The largest absolute Gasteiger partial charge is 0.497 e. The maximum absolute atomic E-state index is 12.3. The molecule has 2 heterocycles. The second-order valence-electron chi connectivity index (χ2n) is 6.72. The second kappa shape index (κ2) is 6.95. The molecule has 0 aliphatic carbocycles. The zero-order valence-corrected chi connectivity index (χ0v) is 16.8. The minimum atomic E-state index is -0.352. The Kier molecular flexibility index (Phi) is 4.59. The fourth-order valence-corrected chi connectivity index (χ4v) is 3.68. The number of aryl methyl sites for hydroxylation is 1. The zero-order chi connectivity index (χ0) is 20.0. The Labute approximate surface area is 167 Å². The molecular weight excluding hydrogens is 382 g/mol. The molecule has 28 heavy (non-hydrogen) atoms. The number of ether oxygens (including phenoxy) is 3. The highest BCUT2D eigenvalue weighted by atomic mass is 35.5. The van der Waals surface area contributed by atoms with Gasteiger partial charge in [-0.1, -0.05) is 11.6 Å². The summed E-state index contributed by atoms with van der Waals surface area (Å²) in [4.78, 5) is 14.3. The summed E-state index contributed by atoms with van der Waals surface area (Å²) < 4.78 is 22.3. The first-order chi connectivity index (χ1) is 13.4. The van der Waals surface area contributed by atoms with E-state index in [9.17, 15) is 4.79 Å². The Hall–Kier alpha value is -2.86. The van der Waals surface area contributed by atoms with Gasteiger partial charge in [0.1, 0.15) is 22.8 Å². The van der Waals surface area contributed by atoms with Crippen LogP contribution in [-0.4, -0.2) is 21.0 Å². The van der Waals surface area contributed by atoms with Crippen molar-refractivity contribution in [2.24, 2.45) is 0 Å². The van der Waals surface area contributed by atoms with Crippen LogP contribution in [0.5, 0.6) is 17.2 Å². The summed E-state index contributed by atoms with van der Waals surface area (Å²) in [5.41, 5.74) is 3.20. The average Bonchev–Trinajstić information content (AvgIpc) is 2.72. The smallest absolute Gasteiger partial charge is 0.339 e. The van der Waals surface area contributed by atoms with Crippen LogP contribution in [0, 0.1) is 13.8 Å². The molecule has 0 radical (unpaired) electrons. The molecule has 0 N–H and O–H groups in total. The molecule has 1 aromatic heterocycles. The molecule has 0 saturated carbocycles. The number of benzene rings is 2. The number of anilines is 1. The number of rotatable bonds is 3. The van der Waals surface area contributed by atoms with Crippen molar-refractivity contribution in [3.05, 3.63) is 56.4 Å². The molecular formula is C21H20ClNO5. The summed E-state index contributed by atoms with van der Waals surface area (Å²) in [5.74, 6) is 1.90. The SMILES string of the molecule is COc1cc(OC)cc(N2COc3c(Cl)cc4c(C)c(C)c(=O)oc4c3C2)c1. The molecule has 2 aromatic carbocycles. The van der Waals surface area contributed by atoms with Gasteiger partial charge in [0.25, 0.3) is 0 Å². The first-order valence-electron chi connectivity index (χ1n) is 8.79. The molecule has 146 valence electrons. The highest BCUT2D eigenvalue weighted by molar-refractivity contribution is 6.33. The third kappa shape index (κ3) is 2.94. The Bertz CT molecular complexity index is 1120. The lowest BCUT2D eigenvalue weighted by atomic mass is 10.0. The maximum Gasteiger partial charge on any atom is 0.339 e. The first-order valence-corrected chi connectivity index (χ1v) is 9.17. The Morgan fingerprint density at radius 1 is 1.04 bits per heavy atom. The van der Waals surface area contributed by atoms with Crippen LogP contribution in [-0.2, 0) is 6.54 Å². The van der Waals surface area contributed by atoms with Crippen LogP contribution in [0.3, 0.4) is 0 Å². The molecule has 0 saturated heterocycles. The summed E-state index contributed by atoms with van der Waals surface area (Å²) in [6, 6.07) is 7.40. The van der Waals surface area contributed by atoms with Gasteiger partial charge in [-0.3, -0.25) is 0 Å². The van der Waals surface area contributed by atoms with Gasteiger partial charge < -0.3 is 23.5 Å². The summed E-state index contributed by atoms with van der Waals surface area (Å²) >= 11 is 6.47. The number of hydrogen-bond donors (Lipinski definition) is 0. The van der Waals surface area contributed by atoms with E-state index in [2.05, 4.69) is 0 Å². The van der Waals surface area contributed by atoms with Crippen LogP contribution in [0.1, 0.15) is 16.7 Å². The topological polar surface area (TPSA) is 61.1 Å². The molecule has 3 aromatic rings. The van der Waals surface area contributed by atoms with Gasteiger partial charge in [-0.05, 0) is 25.5 Å². The van der Waals surface area contributed by atoms with E-state index in [1.165, 1.54) is 0 Å². The minimum absolute atomic E-state index is 0.295. The van der Waals surface area contributed by atoms with Crippen molar-refractivity contribution < 1.29 is 18.6 Å². The van der Waals surface area contributed by atoms with Gasteiger partial charge in [0.05, 0.1) is 31.4 Å². The van der Waals surface area contributed by atoms with Crippen LogP contribution >= 0.6 is 11.6 Å².